The van der Waals surface area contributed by atoms with Crippen LogP contribution in [0.25, 0.3) is 0 Å². The molecular formula is C12H14N2S2. The van der Waals surface area contributed by atoms with Gasteiger partial charge in [-0.2, -0.15) is 0 Å². The van der Waals surface area contributed by atoms with E-state index in [0.29, 0.717) is 6.04 Å². The molecule has 0 saturated heterocycles. The van der Waals surface area contributed by atoms with Gasteiger partial charge in [0.1, 0.15) is 5.82 Å². The van der Waals surface area contributed by atoms with Crippen LogP contribution in [0.15, 0.2) is 40.7 Å². The summed E-state index contributed by atoms with van der Waals surface area (Å²) in [5.41, 5.74) is 0. The molecule has 1 N–H and O–H groups in total. The van der Waals surface area contributed by atoms with Crippen molar-refractivity contribution in [1.82, 2.24) is 4.98 Å². The van der Waals surface area contributed by atoms with Crippen molar-refractivity contribution in [2.24, 2.45) is 0 Å². The van der Waals surface area contributed by atoms with Crippen LogP contribution >= 0.6 is 23.1 Å². The predicted molar refractivity (Wildman–Crippen MR) is 72.4 cm³/mol. The Hall–Kier alpha value is -1.00. The van der Waals surface area contributed by atoms with Crippen molar-refractivity contribution in [3.8, 4) is 0 Å². The number of rotatable bonds is 4. The van der Waals surface area contributed by atoms with E-state index in [4.69, 9.17) is 0 Å². The van der Waals surface area contributed by atoms with E-state index >= 15 is 0 Å². The fourth-order valence-corrected chi connectivity index (χ4v) is 2.51. The molecule has 1 atom stereocenters. The van der Waals surface area contributed by atoms with E-state index in [1.807, 2.05) is 12.3 Å². The Bertz CT molecular complexity index is 423. The molecule has 4 heteroatoms. The number of thioether (sulfide) groups is 1. The molecule has 2 rings (SSSR count). The number of aromatic nitrogens is 1. The SMILES string of the molecule is CSc1ccc(NC(C)c2cccs2)nc1. The Labute approximate surface area is 104 Å². The summed E-state index contributed by atoms with van der Waals surface area (Å²) in [5.74, 6) is 0.929. The predicted octanol–water partition coefficient (Wildman–Crippen LogP) is 4.04. The Kier molecular flexibility index (Phi) is 3.85. The first-order valence-corrected chi connectivity index (χ1v) is 7.20. The highest BCUT2D eigenvalue weighted by Gasteiger charge is 2.06. The van der Waals surface area contributed by atoms with Gasteiger partial charge in [-0.1, -0.05) is 6.07 Å². The van der Waals surface area contributed by atoms with Crippen LogP contribution in [-0.4, -0.2) is 11.2 Å². The van der Waals surface area contributed by atoms with Crippen LogP contribution in [0.5, 0.6) is 0 Å². The van der Waals surface area contributed by atoms with Crippen molar-refractivity contribution < 1.29 is 0 Å². The minimum absolute atomic E-state index is 0.313. The molecule has 2 aromatic heterocycles. The average molecular weight is 250 g/mol. The summed E-state index contributed by atoms with van der Waals surface area (Å²) in [6, 6.07) is 8.63. The van der Waals surface area contributed by atoms with E-state index in [1.54, 1.807) is 23.1 Å². The molecule has 0 amide bonds. The second-order valence-electron chi connectivity index (χ2n) is 3.46. The number of anilines is 1. The second-order valence-corrected chi connectivity index (χ2v) is 5.32. The molecule has 0 bridgehead atoms. The zero-order valence-electron chi connectivity index (χ0n) is 9.31. The molecule has 0 aliphatic rings. The lowest BCUT2D eigenvalue weighted by Crippen LogP contribution is -2.05. The fraction of sp³-hybridized carbons (Fsp3) is 0.250. The van der Waals surface area contributed by atoms with Gasteiger partial charge in [-0.25, -0.2) is 4.98 Å². The average Bonchev–Trinajstić information content (AvgIpc) is 2.83. The van der Waals surface area contributed by atoms with Gasteiger partial charge in [-0.05, 0) is 36.8 Å². The Balaban J connectivity index is 2.03. The van der Waals surface area contributed by atoms with Crippen molar-refractivity contribution in [3.63, 3.8) is 0 Å². The molecule has 0 saturated carbocycles. The zero-order valence-corrected chi connectivity index (χ0v) is 10.9. The van der Waals surface area contributed by atoms with Gasteiger partial charge in [-0.15, -0.1) is 23.1 Å². The summed E-state index contributed by atoms with van der Waals surface area (Å²) in [6.07, 6.45) is 3.95. The minimum Gasteiger partial charge on any atom is -0.363 e. The molecule has 84 valence electrons. The number of nitrogens with one attached hydrogen (secondary N) is 1. The molecule has 0 spiro atoms. The maximum absolute atomic E-state index is 4.37. The van der Waals surface area contributed by atoms with Gasteiger partial charge in [0.05, 0.1) is 6.04 Å². The summed E-state index contributed by atoms with van der Waals surface area (Å²) < 4.78 is 0. The van der Waals surface area contributed by atoms with Crippen LogP contribution in [0.1, 0.15) is 17.8 Å². The molecule has 0 radical (unpaired) electrons. The molecule has 0 aromatic carbocycles. The van der Waals surface area contributed by atoms with E-state index in [0.717, 1.165) is 5.82 Å². The van der Waals surface area contributed by atoms with Crippen molar-refractivity contribution in [2.45, 2.75) is 17.9 Å². The summed E-state index contributed by atoms with van der Waals surface area (Å²) in [6.45, 7) is 2.15. The smallest absolute Gasteiger partial charge is 0.126 e. The number of hydrogen-bond acceptors (Lipinski definition) is 4. The number of pyridine rings is 1. The normalized spacial score (nSPS) is 12.4. The van der Waals surface area contributed by atoms with Gasteiger partial charge in [0.2, 0.25) is 0 Å². The van der Waals surface area contributed by atoms with Crippen LogP contribution in [0.4, 0.5) is 5.82 Å². The monoisotopic (exact) mass is 250 g/mol. The Morgan fingerprint density at radius 1 is 1.38 bits per heavy atom. The first-order valence-electron chi connectivity index (χ1n) is 5.09. The molecule has 0 fully saturated rings. The molecular weight excluding hydrogens is 236 g/mol. The third-order valence-electron chi connectivity index (χ3n) is 2.31. The minimum atomic E-state index is 0.313. The zero-order chi connectivity index (χ0) is 11.4. The number of thiophene rings is 1. The van der Waals surface area contributed by atoms with Gasteiger partial charge in [0.25, 0.3) is 0 Å². The van der Waals surface area contributed by atoms with Gasteiger partial charge < -0.3 is 5.32 Å². The van der Waals surface area contributed by atoms with Crippen LogP contribution in [0.3, 0.4) is 0 Å². The van der Waals surface area contributed by atoms with Gasteiger partial charge in [-0.3, -0.25) is 0 Å². The standard InChI is InChI=1S/C12H14N2S2/c1-9(11-4-3-7-16-11)14-12-6-5-10(15-2)8-13-12/h3-9H,1-2H3,(H,13,14). The lowest BCUT2D eigenvalue weighted by atomic mass is 10.3. The highest BCUT2D eigenvalue weighted by Crippen LogP contribution is 2.22. The van der Waals surface area contributed by atoms with Crippen molar-refractivity contribution in [3.05, 3.63) is 40.7 Å². The topological polar surface area (TPSA) is 24.9 Å². The van der Waals surface area contributed by atoms with Crippen molar-refractivity contribution in [2.75, 3.05) is 11.6 Å². The highest BCUT2D eigenvalue weighted by molar-refractivity contribution is 7.98. The van der Waals surface area contributed by atoms with E-state index in [1.165, 1.54) is 9.77 Å². The maximum atomic E-state index is 4.37. The highest BCUT2D eigenvalue weighted by atomic mass is 32.2. The lowest BCUT2D eigenvalue weighted by Gasteiger charge is -2.12. The maximum Gasteiger partial charge on any atom is 0.126 e. The molecule has 2 heterocycles. The Morgan fingerprint density at radius 3 is 2.81 bits per heavy atom. The van der Waals surface area contributed by atoms with Crippen LogP contribution in [0.2, 0.25) is 0 Å². The number of nitrogens with zero attached hydrogens (tertiary/aromatic N) is 1. The quantitative estimate of drug-likeness (QED) is 0.829. The van der Waals surface area contributed by atoms with Crippen LogP contribution in [-0.2, 0) is 0 Å². The molecule has 2 aromatic rings. The molecule has 1 unspecified atom stereocenters. The molecule has 0 aliphatic carbocycles. The molecule has 0 aliphatic heterocycles. The molecule has 2 nitrogen and oxygen atoms in total. The first kappa shape index (κ1) is 11.5. The van der Waals surface area contributed by atoms with Gasteiger partial charge in [0.15, 0.2) is 0 Å². The largest absolute Gasteiger partial charge is 0.363 e. The fourth-order valence-electron chi connectivity index (χ4n) is 1.42. The van der Waals surface area contributed by atoms with Gasteiger partial charge >= 0.3 is 0 Å². The molecule has 16 heavy (non-hydrogen) atoms. The summed E-state index contributed by atoms with van der Waals surface area (Å²) in [7, 11) is 0. The van der Waals surface area contributed by atoms with E-state index < -0.39 is 0 Å². The summed E-state index contributed by atoms with van der Waals surface area (Å²) >= 11 is 3.47. The summed E-state index contributed by atoms with van der Waals surface area (Å²) in [4.78, 5) is 6.89. The van der Waals surface area contributed by atoms with Crippen LogP contribution in [0, 0.1) is 0 Å². The van der Waals surface area contributed by atoms with Crippen molar-refractivity contribution in [1.29, 1.82) is 0 Å². The van der Waals surface area contributed by atoms with Gasteiger partial charge in [0, 0.05) is 16.0 Å². The summed E-state index contributed by atoms with van der Waals surface area (Å²) in [5, 5.41) is 5.48. The van der Waals surface area contributed by atoms with E-state index in [2.05, 4.69) is 47.1 Å². The number of hydrogen-bond donors (Lipinski definition) is 1. The third kappa shape index (κ3) is 2.77. The van der Waals surface area contributed by atoms with Crippen molar-refractivity contribution >= 4 is 28.9 Å². The first-order chi connectivity index (χ1) is 7.79. The Morgan fingerprint density at radius 2 is 2.25 bits per heavy atom. The lowest BCUT2D eigenvalue weighted by molar-refractivity contribution is 0.895. The third-order valence-corrected chi connectivity index (χ3v) is 4.07. The second kappa shape index (κ2) is 5.37. The van der Waals surface area contributed by atoms with E-state index in [-0.39, 0.29) is 0 Å². The van der Waals surface area contributed by atoms with Crippen LogP contribution < -0.4 is 5.32 Å². The van der Waals surface area contributed by atoms with E-state index in [9.17, 15) is 0 Å².